The molecule has 74 valence electrons. The maximum Gasteiger partial charge on any atom is 0.314 e. The first-order chi connectivity index (χ1) is 6.61. The van der Waals surface area contributed by atoms with Crippen LogP contribution in [0.4, 0.5) is 4.79 Å². The van der Waals surface area contributed by atoms with Crippen molar-refractivity contribution in [1.82, 2.24) is 5.32 Å². The van der Waals surface area contributed by atoms with Crippen LogP contribution in [0.1, 0.15) is 17.3 Å². The van der Waals surface area contributed by atoms with Gasteiger partial charge in [0.2, 0.25) is 0 Å². The number of ketones is 1. The fourth-order valence-corrected chi connectivity index (χ4v) is 1.25. The lowest BCUT2D eigenvalue weighted by atomic mass is 10.1. The van der Waals surface area contributed by atoms with E-state index in [4.69, 9.17) is 11.6 Å². The molecule has 0 aromatic heterocycles. The average Bonchev–Trinajstić information content (AvgIpc) is 2.17. The Morgan fingerprint density at radius 3 is 2.36 bits per heavy atom. The van der Waals surface area contributed by atoms with E-state index in [2.05, 4.69) is 5.32 Å². The summed E-state index contributed by atoms with van der Waals surface area (Å²) in [7, 11) is 0. The first-order valence-corrected chi connectivity index (χ1v) is 4.54. The molecule has 1 amide bonds. The summed E-state index contributed by atoms with van der Waals surface area (Å²) < 4.78 is 0. The summed E-state index contributed by atoms with van der Waals surface area (Å²) in [5.74, 6) is -0.153. The third kappa shape index (κ3) is 2.85. The molecule has 1 rings (SSSR count). The number of carbonyl (C=O) groups excluding carboxylic acids is 2. The third-order valence-corrected chi connectivity index (χ3v) is 1.89. The normalized spacial score (nSPS) is 11.9. The zero-order valence-corrected chi connectivity index (χ0v) is 8.41. The van der Waals surface area contributed by atoms with Gasteiger partial charge < -0.3 is 5.32 Å². The summed E-state index contributed by atoms with van der Waals surface area (Å²) in [5.41, 5.74) is 0.561. The highest BCUT2D eigenvalue weighted by Crippen LogP contribution is 2.03. The highest BCUT2D eigenvalue weighted by atomic mass is 35.5. The maximum absolute atomic E-state index is 11.6. The van der Waals surface area contributed by atoms with Crippen molar-refractivity contribution in [1.29, 1.82) is 0 Å². The van der Waals surface area contributed by atoms with Gasteiger partial charge in [0.05, 0.1) is 6.04 Å². The van der Waals surface area contributed by atoms with Crippen molar-refractivity contribution >= 4 is 22.8 Å². The quantitative estimate of drug-likeness (QED) is 0.473. The van der Waals surface area contributed by atoms with E-state index < -0.39 is 11.4 Å². The number of Topliss-reactive ketones (excluding diaryl/α,β-unsaturated/α-hetero) is 1. The van der Waals surface area contributed by atoms with E-state index >= 15 is 0 Å². The van der Waals surface area contributed by atoms with Crippen molar-refractivity contribution in [2.24, 2.45) is 0 Å². The Kier molecular flexibility index (Phi) is 3.65. The van der Waals surface area contributed by atoms with Crippen LogP contribution >= 0.6 is 11.6 Å². The van der Waals surface area contributed by atoms with Gasteiger partial charge in [-0.1, -0.05) is 30.3 Å². The minimum absolute atomic E-state index is 0.153. The Labute approximate surface area is 87.1 Å². The minimum atomic E-state index is -0.721. The predicted octanol–water partition coefficient (Wildman–Crippen LogP) is 2.21. The summed E-state index contributed by atoms with van der Waals surface area (Å²) >= 11 is 5.10. The number of amides is 1. The Balaban J connectivity index is 2.71. The molecule has 14 heavy (non-hydrogen) atoms. The number of benzene rings is 1. The molecule has 3 nitrogen and oxygen atoms in total. The fraction of sp³-hybridized carbons (Fsp3) is 0.200. The molecule has 0 spiro atoms. The van der Waals surface area contributed by atoms with Crippen LogP contribution in [-0.2, 0) is 0 Å². The average molecular weight is 212 g/mol. The van der Waals surface area contributed by atoms with Gasteiger partial charge in [-0.15, -0.1) is 0 Å². The van der Waals surface area contributed by atoms with Gasteiger partial charge in [-0.3, -0.25) is 9.59 Å². The lowest BCUT2D eigenvalue weighted by molar-refractivity contribution is 0.0956. The van der Waals surface area contributed by atoms with Gasteiger partial charge in [-0.05, 0) is 18.5 Å². The van der Waals surface area contributed by atoms with Crippen LogP contribution in [0.2, 0.25) is 0 Å². The molecular weight excluding hydrogens is 202 g/mol. The first-order valence-electron chi connectivity index (χ1n) is 4.16. The Hall–Kier alpha value is -1.35. The van der Waals surface area contributed by atoms with Gasteiger partial charge in [0.25, 0.3) is 0 Å². The van der Waals surface area contributed by atoms with E-state index in [1.807, 2.05) is 6.07 Å². The van der Waals surface area contributed by atoms with E-state index in [0.29, 0.717) is 5.56 Å². The molecule has 0 saturated carbocycles. The lowest BCUT2D eigenvalue weighted by Gasteiger charge is -2.09. The number of carbonyl (C=O) groups is 2. The Bertz CT molecular complexity index is 337. The van der Waals surface area contributed by atoms with Crippen LogP contribution in [0.15, 0.2) is 30.3 Å². The standard InChI is InChI=1S/C10H10ClNO2/c1-7(12-10(11)14)9(13)8-5-3-2-4-6-8/h2-7H,1H3,(H,12,14). The summed E-state index contributed by atoms with van der Waals surface area (Å²) in [6, 6.07) is 8.15. The summed E-state index contributed by atoms with van der Waals surface area (Å²) in [6.07, 6.45) is 0. The number of hydrogen-bond acceptors (Lipinski definition) is 2. The molecule has 0 aliphatic heterocycles. The van der Waals surface area contributed by atoms with Crippen LogP contribution < -0.4 is 5.32 Å². The second-order valence-electron chi connectivity index (χ2n) is 2.87. The topological polar surface area (TPSA) is 46.2 Å². The number of rotatable bonds is 3. The number of halogens is 1. The van der Waals surface area contributed by atoms with Gasteiger partial charge in [0.15, 0.2) is 5.78 Å². The van der Waals surface area contributed by atoms with Crippen molar-refractivity contribution in [2.45, 2.75) is 13.0 Å². The Morgan fingerprint density at radius 1 is 1.29 bits per heavy atom. The number of nitrogens with one attached hydrogen (secondary N) is 1. The van der Waals surface area contributed by atoms with Crippen LogP contribution in [0.3, 0.4) is 0 Å². The summed E-state index contributed by atoms with van der Waals surface area (Å²) in [4.78, 5) is 22.1. The molecule has 1 unspecified atom stereocenters. The molecule has 0 aliphatic rings. The van der Waals surface area contributed by atoms with Crippen LogP contribution in [0.25, 0.3) is 0 Å². The third-order valence-electron chi connectivity index (χ3n) is 1.78. The number of hydrogen-bond donors (Lipinski definition) is 1. The second-order valence-corrected chi connectivity index (χ2v) is 3.21. The largest absolute Gasteiger partial charge is 0.333 e. The summed E-state index contributed by atoms with van der Waals surface area (Å²) in [6.45, 7) is 1.59. The van der Waals surface area contributed by atoms with Crippen LogP contribution in [0, 0.1) is 0 Å². The molecule has 0 aliphatic carbocycles. The van der Waals surface area contributed by atoms with E-state index in [0.717, 1.165) is 0 Å². The van der Waals surface area contributed by atoms with Crippen molar-refractivity contribution in [3.05, 3.63) is 35.9 Å². The molecule has 1 aromatic carbocycles. The van der Waals surface area contributed by atoms with E-state index in [9.17, 15) is 9.59 Å². The molecule has 0 fully saturated rings. The zero-order valence-electron chi connectivity index (χ0n) is 7.66. The van der Waals surface area contributed by atoms with E-state index in [1.54, 1.807) is 31.2 Å². The Morgan fingerprint density at radius 2 is 1.86 bits per heavy atom. The van der Waals surface area contributed by atoms with Crippen molar-refractivity contribution < 1.29 is 9.59 Å². The van der Waals surface area contributed by atoms with Gasteiger partial charge >= 0.3 is 5.37 Å². The SMILES string of the molecule is CC(NC(=O)Cl)C(=O)c1ccccc1. The molecular formula is C10H10ClNO2. The molecule has 4 heteroatoms. The smallest absolute Gasteiger partial charge is 0.314 e. The predicted molar refractivity (Wildman–Crippen MR) is 54.6 cm³/mol. The maximum atomic E-state index is 11.6. The molecule has 1 atom stereocenters. The van der Waals surface area contributed by atoms with Crippen LogP contribution in [0.5, 0.6) is 0 Å². The molecule has 0 heterocycles. The van der Waals surface area contributed by atoms with Gasteiger partial charge in [-0.2, -0.15) is 0 Å². The van der Waals surface area contributed by atoms with Gasteiger partial charge in [0.1, 0.15) is 0 Å². The van der Waals surface area contributed by atoms with Gasteiger partial charge in [-0.25, -0.2) is 0 Å². The van der Waals surface area contributed by atoms with Crippen molar-refractivity contribution in [3.8, 4) is 0 Å². The van der Waals surface area contributed by atoms with E-state index in [-0.39, 0.29) is 5.78 Å². The monoisotopic (exact) mass is 211 g/mol. The van der Waals surface area contributed by atoms with Crippen molar-refractivity contribution in [3.63, 3.8) is 0 Å². The van der Waals surface area contributed by atoms with Crippen LogP contribution in [-0.4, -0.2) is 17.2 Å². The highest BCUT2D eigenvalue weighted by Gasteiger charge is 2.15. The van der Waals surface area contributed by atoms with Crippen molar-refractivity contribution in [2.75, 3.05) is 0 Å². The zero-order chi connectivity index (χ0) is 10.6. The second kappa shape index (κ2) is 4.77. The van der Waals surface area contributed by atoms with E-state index in [1.165, 1.54) is 0 Å². The molecule has 0 bridgehead atoms. The highest BCUT2D eigenvalue weighted by molar-refractivity contribution is 6.63. The first kappa shape index (κ1) is 10.7. The minimum Gasteiger partial charge on any atom is -0.333 e. The summed E-state index contributed by atoms with van der Waals surface area (Å²) in [5, 5.41) is 1.60. The van der Waals surface area contributed by atoms with Gasteiger partial charge in [0, 0.05) is 5.56 Å². The molecule has 1 N–H and O–H groups in total. The lowest BCUT2D eigenvalue weighted by Crippen LogP contribution is -2.35. The fourth-order valence-electron chi connectivity index (χ4n) is 1.09. The molecule has 0 radical (unpaired) electrons. The molecule has 1 aromatic rings. The molecule has 0 saturated heterocycles.